The van der Waals surface area contributed by atoms with Gasteiger partial charge in [0.2, 0.25) is 0 Å². The Morgan fingerprint density at radius 2 is 1.36 bits per heavy atom. The first-order valence-electron chi connectivity index (χ1n) is 9.61. The zero-order valence-corrected chi connectivity index (χ0v) is 15.5. The largest absolute Gasteiger partial charge is 0.494 e. The van der Waals surface area contributed by atoms with Crippen molar-refractivity contribution in [3.63, 3.8) is 0 Å². The minimum absolute atomic E-state index is 0.381. The van der Waals surface area contributed by atoms with E-state index in [2.05, 4.69) is 6.92 Å². The minimum Gasteiger partial charge on any atom is -0.494 e. The van der Waals surface area contributed by atoms with Gasteiger partial charge in [-0.15, -0.1) is 0 Å². The molecular formula is C21H32O4. The summed E-state index contributed by atoms with van der Waals surface area (Å²) in [6.45, 7) is 2.92. The molecule has 4 nitrogen and oxygen atoms in total. The number of rotatable bonds is 15. The predicted octanol–water partition coefficient (Wildman–Crippen LogP) is 5.64. The Balaban J connectivity index is 2.05. The van der Waals surface area contributed by atoms with Gasteiger partial charge in [-0.2, -0.15) is 0 Å². The molecule has 0 unspecified atom stereocenters. The summed E-state index contributed by atoms with van der Waals surface area (Å²) >= 11 is 0. The number of ether oxygens (including phenoxy) is 1. The van der Waals surface area contributed by atoms with E-state index in [0.717, 1.165) is 12.2 Å². The maximum atomic E-state index is 11.6. The van der Waals surface area contributed by atoms with Crippen LogP contribution in [0.3, 0.4) is 0 Å². The van der Waals surface area contributed by atoms with Gasteiger partial charge in [-0.3, -0.25) is 9.59 Å². The fraction of sp³-hybridized carbons (Fsp3) is 0.619. The number of hydrogen-bond acceptors (Lipinski definition) is 3. The van der Waals surface area contributed by atoms with E-state index in [1.54, 1.807) is 24.3 Å². The summed E-state index contributed by atoms with van der Waals surface area (Å²) < 4.78 is 5.67. The molecule has 1 rings (SSSR count). The molecule has 25 heavy (non-hydrogen) atoms. The summed E-state index contributed by atoms with van der Waals surface area (Å²) in [5.41, 5.74) is 0.411. The normalized spacial score (nSPS) is 10.6. The van der Waals surface area contributed by atoms with E-state index >= 15 is 0 Å². The van der Waals surface area contributed by atoms with Crippen LogP contribution in [0.5, 0.6) is 5.75 Å². The highest BCUT2D eigenvalue weighted by molar-refractivity contribution is 6.05. The summed E-state index contributed by atoms with van der Waals surface area (Å²) in [5, 5.41) is 8.62. The molecule has 0 atom stereocenters. The number of ketones is 1. The minimum atomic E-state index is -1.11. The third-order valence-electron chi connectivity index (χ3n) is 4.25. The molecule has 0 aliphatic heterocycles. The van der Waals surface area contributed by atoms with Gasteiger partial charge in [0.25, 0.3) is 0 Å². The molecule has 0 spiro atoms. The van der Waals surface area contributed by atoms with Crippen molar-refractivity contribution in [1.29, 1.82) is 0 Å². The van der Waals surface area contributed by atoms with Crippen molar-refractivity contribution >= 4 is 11.8 Å². The molecule has 0 amide bonds. The average Bonchev–Trinajstić information content (AvgIpc) is 2.59. The monoisotopic (exact) mass is 348 g/mol. The Labute approximate surface area is 151 Å². The standard InChI is InChI=1S/C21H32O4/c1-2-3-4-5-6-7-8-9-10-11-16-25-19-14-12-18(13-15-19)20(22)17-21(23)24/h12-15H,2-11,16-17H2,1H3,(H,23,24). The molecule has 0 aliphatic carbocycles. The number of aliphatic carboxylic acids is 1. The number of carbonyl (C=O) groups is 2. The molecule has 0 fully saturated rings. The molecule has 4 heteroatoms. The predicted molar refractivity (Wildman–Crippen MR) is 100 cm³/mol. The van der Waals surface area contributed by atoms with Gasteiger partial charge in [0, 0.05) is 5.56 Å². The van der Waals surface area contributed by atoms with E-state index in [9.17, 15) is 9.59 Å². The highest BCUT2D eigenvalue weighted by atomic mass is 16.5. The first kappa shape index (κ1) is 21.2. The Hall–Kier alpha value is -1.84. The van der Waals surface area contributed by atoms with E-state index in [1.807, 2.05) is 0 Å². The molecular weight excluding hydrogens is 316 g/mol. The van der Waals surface area contributed by atoms with Crippen molar-refractivity contribution in [1.82, 2.24) is 0 Å². The topological polar surface area (TPSA) is 63.6 Å². The summed E-state index contributed by atoms with van der Waals surface area (Å²) in [7, 11) is 0. The maximum Gasteiger partial charge on any atom is 0.311 e. The van der Waals surface area contributed by atoms with E-state index in [-0.39, 0.29) is 5.78 Å². The Morgan fingerprint density at radius 3 is 1.88 bits per heavy atom. The number of unbranched alkanes of at least 4 members (excludes halogenated alkanes) is 9. The van der Waals surface area contributed by atoms with Crippen LogP contribution in [-0.2, 0) is 4.79 Å². The summed E-state index contributed by atoms with van der Waals surface area (Å²) in [6.07, 6.45) is 12.5. The van der Waals surface area contributed by atoms with Crippen LogP contribution in [0.4, 0.5) is 0 Å². The van der Waals surface area contributed by atoms with Crippen LogP contribution in [0.25, 0.3) is 0 Å². The van der Waals surface area contributed by atoms with E-state index in [1.165, 1.54) is 57.8 Å². The van der Waals surface area contributed by atoms with E-state index < -0.39 is 12.4 Å². The molecule has 0 radical (unpaired) electrons. The van der Waals surface area contributed by atoms with E-state index in [0.29, 0.717) is 12.2 Å². The van der Waals surface area contributed by atoms with Crippen LogP contribution < -0.4 is 4.74 Å². The average molecular weight is 348 g/mol. The molecule has 0 bridgehead atoms. The molecule has 1 aromatic rings. The maximum absolute atomic E-state index is 11.6. The fourth-order valence-corrected chi connectivity index (χ4v) is 2.76. The van der Waals surface area contributed by atoms with E-state index in [4.69, 9.17) is 9.84 Å². The molecule has 1 aromatic carbocycles. The van der Waals surface area contributed by atoms with Crippen LogP contribution >= 0.6 is 0 Å². The van der Waals surface area contributed by atoms with Crippen LogP contribution in [0.2, 0.25) is 0 Å². The highest BCUT2D eigenvalue weighted by Crippen LogP contribution is 2.15. The fourth-order valence-electron chi connectivity index (χ4n) is 2.76. The molecule has 1 N–H and O–H groups in total. The second kappa shape index (κ2) is 13.5. The van der Waals surface area contributed by atoms with Gasteiger partial charge in [0.15, 0.2) is 5.78 Å². The zero-order valence-electron chi connectivity index (χ0n) is 15.5. The van der Waals surface area contributed by atoms with Crippen molar-refractivity contribution in [3.8, 4) is 5.75 Å². The van der Waals surface area contributed by atoms with Crippen molar-refractivity contribution < 1.29 is 19.4 Å². The lowest BCUT2D eigenvalue weighted by Gasteiger charge is -2.07. The molecule has 0 heterocycles. The van der Waals surface area contributed by atoms with Gasteiger partial charge >= 0.3 is 5.97 Å². The number of hydrogen-bond donors (Lipinski definition) is 1. The number of benzene rings is 1. The molecule has 0 saturated carbocycles. The lowest BCUT2D eigenvalue weighted by molar-refractivity contribution is -0.135. The van der Waals surface area contributed by atoms with Gasteiger partial charge in [0.05, 0.1) is 6.61 Å². The third-order valence-corrected chi connectivity index (χ3v) is 4.25. The van der Waals surface area contributed by atoms with Crippen LogP contribution in [-0.4, -0.2) is 23.5 Å². The molecule has 0 aliphatic rings. The van der Waals surface area contributed by atoms with Crippen molar-refractivity contribution in [2.24, 2.45) is 0 Å². The van der Waals surface area contributed by atoms with Gasteiger partial charge in [-0.1, -0.05) is 64.7 Å². The Kier molecular flexibility index (Phi) is 11.4. The number of carboxylic acids is 1. The first-order chi connectivity index (χ1) is 12.1. The lowest BCUT2D eigenvalue weighted by Crippen LogP contribution is -2.06. The van der Waals surface area contributed by atoms with Crippen LogP contribution in [0.15, 0.2) is 24.3 Å². The number of Topliss-reactive ketones (excluding diaryl/α,β-unsaturated/α-hetero) is 1. The lowest BCUT2D eigenvalue weighted by atomic mass is 10.1. The zero-order chi connectivity index (χ0) is 18.3. The summed E-state index contributed by atoms with van der Waals surface area (Å²) in [6, 6.07) is 6.70. The van der Waals surface area contributed by atoms with Gasteiger partial charge in [0.1, 0.15) is 12.2 Å². The number of carboxylic acid groups (broad SMARTS) is 1. The molecule has 0 saturated heterocycles. The first-order valence-corrected chi connectivity index (χ1v) is 9.61. The quantitative estimate of drug-likeness (QED) is 0.253. The number of carbonyl (C=O) groups excluding carboxylic acids is 1. The van der Waals surface area contributed by atoms with Crippen molar-refractivity contribution in [2.75, 3.05) is 6.61 Å². The van der Waals surface area contributed by atoms with Crippen molar-refractivity contribution in [2.45, 2.75) is 77.6 Å². The summed E-state index contributed by atoms with van der Waals surface area (Å²) in [4.78, 5) is 22.1. The van der Waals surface area contributed by atoms with Gasteiger partial charge in [-0.25, -0.2) is 0 Å². The highest BCUT2D eigenvalue weighted by Gasteiger charge is 2.10. The molecule has 0 aromatic heterocycles. The second-order valence-corrected chi connectivity index (χ2v) is 6.55. The Morgan fingerprint density at radius 1 is 0.840 bits per heavy atom. The van der Waals surface area contributed by atoms with Crippen LogP contribution in [0, 0.1) is 0 Å². The molecule has 140 valence electrons. The van der Waals surface area contributed by atoms with Crippen LogP contribution in [0.1, 0.15) is 87.9 Å². The summed E-state index contributed by atoms with van der Waals surface area (Å²) in [5.74, 6) is -0.761. The second-order valence-electron chi connectivity index (χ2n) is 6.55. The Bertz CT molecular complexity index is 493. The van der Waals surface area contributed by atoms with Crippen molar-refractivity contribution in [3.05, 3.63) is 29.8 Å². The van der Waals surface area contributed by atoms with Gasteiger partial charge in [-0.05, 0) is 30.7 Å². The van der Waals surface area contributed by atoms with Gasteiger partial charge < -0.3 is 9.84 Å². The smallest absolute Gasteiger partial charge is 0.311 e. The third kappa shape index (κ3) is 10.6. The SMILES string of the molecule is CCCCCCCCCCCCOc1ccc(C(=O)CC(=O)O)cc1.